The van der Waals surface area contributed by atoms with Gasteiger partial charge in [-0.15, -0.1) is 0 Å². The van der Waals surface area contributed by atoms with Crippen LogP contribution >= 0.6 is 0 Å². The Morgan fingerprint density at radius 2 is 1.25 bits per heavy atom. The molecular formula is C21H33NO2. The first kappa shape index (κ1) is 20.4. The second-order valence-corrected chi connectivity index (χ2v) is 6.53. The van der Waals surface area contributed by atoms with Crippen LogP contribution in [0.15, 0.2) is 30.3 Å². The van der Waals surface area contributed by atoms with Crippen molar-refractivity contribution in [3.63, 3.8) is 0 Å². The van der Waals surface area contributed by atoms with Gasteiger partial charge in [-0.1, -0.05) is 89.3 Å². The summed E-state index contributed by atoms with van der Waals surface area (Å²) in [5, 5.41) is 2.45. The molecule has 0 spiro atoms. The van der Waals surface area contributed by atoms with E-state index in [4.69, 9.17) is 0 Å². The van der Waals surface area contributed by atoms with E-state index in [1.165, 1.54) is 57.8 Å². The molecule has 0 heterocycles. The molecule has 24 heavy (non-hydrogen) atoms. The van der Waals surface area contributed by atoms with E-state index in [-0.39, 0.29) is 11.8 Å². The van der Waals surface area contributed by atoms with E-state index >= 15 is 0 Å². The van der Waals surface area contributed by atoms with Crippen molar-refractivity contribution in [3.8, 4) is 0 Å². The predicted octanol–water partition coefficient (Wildman–Crippen LogP) is 5.64. The maximum absolute atomic E-state index is 11.8. The van der Waals surface area contributed by atoms with Crippen LogP contribution in [0.25, 0.3) is 0 Å². The maximum Gasteiger partial charge on any atom is 0.257 e. The van der Waals surface area contributed by atoms with Crippen LogP contribution in [0, 0.1) is 0 Å². The fourth-order valence-corrected chi connectivity index (χ4v) is 2.80. The summed E-state index contributed by atoms with van der Waals surface area (Å²) in [6.07, 6.45) is 14.3. The van der Waals surface area contributed by atoms with Gasteiger partial charge in [-0.2, -0.15) is 0 Å². The normalized spacial score (nSPS) is 10.5. The highest BCUT2D eigenvalue weighted by molar-refractivity contribution is 6.04. The molecule has 134 valence electrons. The molecule has 2 amide bonds. The number of carbonyl (C=O) groups excluding carboxylic acids is 2. The highest BCUT2D eigenvalue weighted by atomic mass is 16.2. The molecular weight excluding hydrogens is 298 g/mol. The first-order valence-electron chi connectivity index (χ1n) is 9.63. The van der Waals surface area contributed by atoms with Gasteiger partial charge in [0.05, 0.1) is 0 Å². The number of nitrogens with one attached hydrogen (secondary N) is 1. The molecule has 0 atom stereocenters. The fraction of sp³-hybridized carbons (Fsp3) is 0.619. The lowest BCUT2D eigenvalue weighted by Gasteiger charge is -2.04. The summed E-state index contributed by atoms with van der Waals surface area (Å²) in [4.78, 5) is 23.6. The molecule has 1 rings (SSSR count). The van der Waals surface area contributed by atoms with Crippen molar-refractivity contribution in [2.75, 3.05) is 0 Å². The maximum atomic E-state index is 11.8. The zero-order valence-corrected chi connectivity index (χ0v) is 15.2. The first-order valence-corrected chi connectivity index (χ1v) is 9.63. The zero-order chi connectivity index (χ0) is 17.5. The molecule has 1 N–H and O–H groups in total. The molecule has 0 bridgehead atoms. The van der Waals surface area contributed by atoms with Crippen LogP contribution in [0.2, 0.25) is 0 Å². The minimum absolute atomic E-state index is 0.167. The first-order chi connectivity index (χ1) is 11.7. The fourth-order valence-electron chi connectivity index (χ4n) is 2.80. The Bertz CT molecular complexity index is 456. The van der Waals surface area contributed by atoms with Crippen LogP contribution in [0.3, 0.4) is 0 Å². The predicted molar refractivity (Wildman–Crippen MR) is 100.0 cm³/mol. The lowest BCUT2D eigenvalue weighted by atomic mass is 10.1. The third-order valence-corrected chi connectivity index (χ3v) is 4.30. The third kappa shape index (κ3) is 10.2. The second-order valence-electron chi connectivity index (χ2n) is 6.53. The van der Waals surface area contributed by atoms with Gasteiger partial charge < -0.3 is 0 Å². The Morgan fingerprint density at radius 1 is 0.750 bits per heavy atom. The summed E-state index contributed by atoms with van der Waals surface area (Å²) in [6.45, 7) is 2.25. The quantitative estimate of drug-likeness (QED) is 0.475. The molecule has 3 nitrogen and oxygen atoms in total. The molecule has 0 aliphatic carbocycles. The van der Waals surface area contributed by atoms with Gasteiger partial charge in [0.1, 0.15) is 0 Å². The van der Waals surface area contributed by atoms with E-state index in [1.54, 1.807) is 24.3 Å². The van der Waals surface area contributed by atoms with Crippen molar-refractivity contribution in [1.29, 1.82) is 0 Å². The molecule has 3 heteroatoms. The van der Waals surface area contributed by atoms with Crippen molar-refractivity contribution in [2.45, 2.75) is 84.0 Å². The van der Waals surface area contributed by atoms with E-state index < -0.39 is 0 Å². The number of amides is 2. The van der Waals surface area contributed by atoms with Crippen LogP contribution in [0.4, 0.5) is 0 Å². The Labute approximate surface area is 147 Å². The van der Waals surface area contributed by atoms with E-state index in [1.807, 2.05) is 6.07 Å². The second kappa shape index (κ2) is 13.8. The molecule has 0 aromatic heterocycles. The SMILES string of the molecule is CCCCCCCCCCCCCC(=O)NC(=O)c1ccccc1. The molecule has 0 radical (unpaired) electrons. The summed E-state index contributed by atoms with van der Waals surface area (Å²) < 4.78 is 0. The molecule has 0 unspecified atom stereocenters. The van der Waals surface area contributed by atoms with Crippen LogP contribution in [0.5, 0.6) is 0 Å². The van der Waals surface area contributed by atoms with Crippen molar-refractivity contribution >= 4 is 11.8 Å². The van der Waals surface area contributed by atoms with Gasteiger partial charge in [-0.05, 0) is 18.6 Å². The van der Waals surface area contributed by atoms with E-state index in [2.05, 4.69) is 12.2 Å². The van der Waals surface area contributed by atoms with E-state index in [0.29, 0.717) is 12.0 Å². The summed E-state index contributed by atoms with van der Waals surface area (Å²) in [5.74, 6) is -0.469. The summed E-state index contributed by atoms with van der Waals surface area (Å²) in [6, 6.07) is 8.87. The largest absolute Gasteiger partial charge is 0.292 e. The van der Waals surface area contributed by atoms with Crippen molar-refractivity contribution in [2.24, 2.45) is 0 Å². The number of hydrogen-bond acceptors (Lipinski definition) is 2. The highest BCUT2D eigenvalue weighted by Crippen LogP contribution is 2.11. The smallest absolute Gasteiger partial charge is 0.257 e. The zero-order valence-electron chi connectivity index (χ0n) is 15.2. The number of hydrogen-bond donors (Lipinski definition) is 1. The minimum Gasteiger partial charge on any atom is -0.292 e. The topological polar surface area (TPSA) is 46.2 Å². The number of benzene rings is 1. The third-order valence-electron chi connectivity index (χ3n) is 4.30. The van der Waals surface area contributed by atoms with Gasteiger partial charge in [0, 0.05) is 12.0 Å². The molecule has 0 aliphatic heterocycles. The van der Waals surface area contributed by atoms with Crippen LogP contribution in [0.1, 0.15) is 94.3 Å². The summed E-state index contributed by atoms with van der Waals surface area (Å²) in [5.41, 5.74) is 0.532. The average molecular weight is 332 g/mol. The van der Waals surface area contributed by atoms with Crippen LogP contribution in [-0.2, 0) is 4.79 Å². The minimum atomic E-state index is -0.302. The van der Waals surface area contributed by atoms with Gasteiger partial charge in [0.2, 0.25) is 5.91 Å². The van der Waals surface area contributed by atoms with Gasteiger partial charge in [0.15, 0.2) is 0 Å². The Hall–Kier alpha value is -1.64. The molecule has 0 aliphatic rings. The number of imide groups is 1. The number of unbranched alkanes of at least 4 members (excludes halogenated alkanes) is 10. The molecule has 1 aromatic rings. The number of rotatable bonds is 13. The summed E-state index contributed by atoms with van der Waals surface area (Å²) >= 11 is 0. The van der Waals surface area contributed by atoms with Gasteiger partial charge in [0.25, 0.3) is 5.91 Å². The molecule has 0 saturated carbocycles. The Balaban J connectivity index is 1.94. The lowest BCUT2D eigenvalue weighted by Crippen LogP contribution is -2.30. The molecule has 0 fully saturated rings. The van der Waals surface area contributed by atoms with Crippen molar-refractivity contribution in [3.05, 3.63) is 35.9 Å². The van der Waals surface area contributed by atoms with Crippen molar-refractivity contribution < 1.29 is 9.59 Å². The molecule has 1 aromatic carbocycles. The van der Waals surface area contributed by atoms with E-state index in [0.717, 1.165) is 12.8 Å². The van der Waals surface area contributed by atoms with Crippen LogP contribution < -0.4 is 5.32 Å². The van der Waals surface area contributed by atoms with Gasteiger partial charge >= 0.3 is 0 Å². The van der Waals surface area contributed by atoms with E-state index in [9.17, 15) is 9.59 Å². The Morgan fingerprint density at radius 3 is 1.79 bits per heavy atom. The standard InChI is InChI=1S/C21H33NO2/c1-2-3-4-5-6-7-8-9-10-11-15-18-20(23)22-21(24)19-16-13-12-14-17-19/h12-14,16-17H,2-11,15,18H2,1H3,(H,22,23,24). The summed E-state index contributed by atoms with van der Waals surface area (Å²) in [7, 11) is 0. The monoisotopic (exact) mass is 331 g/mol. The Kier molecular flexibility index (Phi) is 11.7. The van der Waals surface area contributed by atoms with Crippen molar-refractivity contribution in [1.82, 2.24) is 5.32 Å². The average Bonchev–Trinajstić information content (AvgIpc) is 2.60. The highest BCUT2D eigenvalue weighted by Gasteiger charge is 2.09. The molecule has 0 saturated heterocycles. The number of carbonyl (C=O) groups is 2. The van der Waals surface area contributed by atoms with Crippen LogP contribution in [-0.4, -0.2) is 11.8 Å². The van der Waals surface area contributed by atoms with Gasteiger partial charge in [-0.25, -0.2) is 0 Å². The lowest BCUT2D eigenvalue weighted by molar-refractivity contribution is -0.120. The van der Waals surface area contributed by atoms with Gasteiger partial charge in [-0.3, -0.25) is 14.9 Å².